The number of rotatable bonds is 2. The van der Waals surface area contributed by atoms with E-state index in [2.05, 4.69) is 56.7 Å². The third kappa shape index (κ3) is 3.06. The van der Waals surface area contributed by atoms with Gasteiger partial charge in [-0.2, -0.15) is 0 Å². The molecule has 0 saturated carbocycles. The zero-order valence-corrected chi connectivity index (χ0v) is 13.0. The molecule has 2 aliphatic heterocycles. The van der Waals surface area contributed by atoms with Crippen molar-refractivity contribution in [3.05, 3.63) is 33.4 Å². The Hall–Kier alpha value is -0.130. The average molecular weight is 356 g/mol. The maximum Gasteiger partial charge on any atom is 0.0234 e. The summed E-state index contributed by atoms with van der Waals surface area (Å²) in [4.78, 5) is 5.34. The average Bonchev–Trinajstić information content (AvgIpc) is 2.41. The highest BCUT2D eigenvalue weighted by atomic mass is 127. The molecular weight excluding hydrogens is 335 g/mol. The standard InChI is InChI=1S/C15H21IN2/c16-14-6-4-13(5-7-14)11-17-9-10-18-8-2-1-3-15(18)12-17/h4-7,15H,1-3,8-12H2/t15-/m1/s1. The predicted molar refractivity (Wildman–Crippen MR) is 83.6 cm³/mol. The molecule has 0 aliphatic carbocycles. The summed E-state index contributed by atoms with van der Waals surface area (Å²) in [6.07, 6.45) is 4.25. The maximum absolute atomic E-state index is 2.70. The number of hydrogen-bond acceptors (Lipinski definition) is 2. The van der Waals surface area contributed by atoms with E-state index >= 15 is 0 Å². The van der Waals surface area contributed by atoms with E-state index in [1.54, 1.807) is 0 Å². The van der Waals surface area contributed by atoms with Crippen molar-refractivity contribution in [2.75, 3.05) is 26.2 Å². The first kappa shape index (κ1) is 12.9. The van der Waals surface area contributed by atoms with Gasteiger partial charge in [0.2, 0.25) is 0 Å². The second kappa shape index (κ2) is 5.88. The molecule has 0 amide bonds. The monoisotopic (exact) mass is 356 g/mol. The van der Waals surface area contributed by atoms with Crippen LogP contribution in [0.3, 0.4) is 0 Å². The highest BCUT2D eigenvalue weighted by molar-refractivity contribution is 14.1. The van der Waals surface area contributed by atoms with Crippen LogP contribution in [0.25, 0.3) is 0 Å². The smallest absolute Gasteiger partial charge is 0.0234 e. The summed E-state index contributed by atoms with van der Waals surface area (Å²) in [7, 11) is 0. The molecule has 0 unspecified atom stereocenters. The first-order chi connectivity index (χ1) is 8.81. The summed E-state index contributed by atoms with van der Waals surface area (Å²) in [5.74, 6) is 0. The normalized spacial score (nSPS) is 25.9. The molecule has 3 heteroatoms. The van der Waals surface area contributed by atoms with Crippen molar-refractivity contribution in [2.45, 2.75) is 31.8 Å². The molecule has 0 N–H and O–H groups in total. The van der Waals surface area contributed by atoms with E-state index in [4.69, 9.17) is 0 Å². The van der Waals surface area contributed by atoms with Crippen LogP contribution in [0.5, 0.6) is 0 Å². The van der Waals surface area contributed by atoms with E-state index in [0.29, 0.717) is 0 Å². The van der Waals surface area contributed by atoms with Gasteiger partial charge in [-0.3, -0.25) is 9.80 Å². The fourth-order valence-electron chi connectivity index (χ4n) is 3.21. The van der Waals surface area contributed by atoms with E-state index < -0.39 is 0 Å². The van der Waals surface area contributed by atoms with Gasteiger partial charge in [-0.15, -0.1) is 0 Å². The lowest BCUT2D eigenvalue weighted by atomic mass is 9.99. The summed E-state index contributed by atoms with van der Waals surface area (Å²) in [6.45, 7) is 6.24. The van der Waals surface area contributed by atoms with Gasteiger partial charge >= 0.3 is 0 Å². The molecule has 1 atom stereocenters. The number of piperidine rings is 1. The van der Waals surface area contributed by atoms with Crippen LogP contribution >= 0.6 is 22.6 Å². The summed E-state index contributed by atoms with van der Waals surface area (Å²) >= 11 is 2.37. The molecule has 2 saturated heterocycles. The second-order valence-corrected chi connectivity index (χ2v) is 6.79. The lowest BCUT2D eigenvalue weighted by Crippen LogP contribution is -2.54. The van der Waals surface area contributed by atoms with Gasteiger partial charge in [0.1, 0.15) is 0 Å². The van der Waals surface area contributed by atoms with Crippen molar-refractivity contribution in [3.8, 4) is 0 Å². The molecule has 3 rings (SSSR count). The topological polar surface area (TPSA) is 6.48 Å². The number of benzene rings is 1. The molecule has 0 radical (unpaired) electrons. The number of piperazine rings is 1. The summed E-state index contributed by atoms with van der Waals surface area (Å²) in [6, 6.07) is 9.81. The maximum atomic E-state index is 2.70. The molecule has 1 aromatic carbocycles. The summed E-state index contributed by atoms with van der Waals surface area (Å²) in [5, 5.41) is 0. The minimum atomic E-state index is 0.830. The lowest BCUT2D eigenvalue weighted by Gasteiger charge is -2.44. The molecule has 2 nitrogen and oxygen atoms in total. The third-order valence-electron chi connectivity index (χ3n) is 4.24. The van der Waals surface area contributed by atoms with E-state index in [9.17, 15) is 0 Å². The van der Waals surface area contributed by atoms with Crippen LogP contribution in [0.15, 0.2) is 24.3 Å². The molecular formula is C15H21IN2. The van der Waals surface area contributed by atoms with Crippen molar-refractivity contribution >= 4 is 22.6 Å². The van der Waals surface area contributed by atoms with Crippen molar-refractivity contribution in [3.63, 3.8) is 0 Å². The van der Waals surface area contributed by atoms with Crippen LogP contribution in [-0.2, 0) is 6.54 Å². The van der Waals surface area contributed by atoms with Crippen molar-refractivity contribution in [2.24, 2.45) is 0 Å². The Morgan fingerprint density at radius 2 is 1.89 bits per heavy atom. The molecule has 0 aromatic heterocycles. The molecule has 0 spiro atoms. The van der Waals surface area contributed by atoms with Gasteiger partial charge in [0.25, 0.3) is 0 Å². The number of hydrogen-bond donors (Lipinski definition) is 0. The van der Waals surface area contributed by atoms with Crippen LogP contribution < -0.4 is 0 Å². The molecule has 18 heavy (non-hydrogen) atoms. The lowest BCUT2D eigenvalue weighted by molar-refractivity contribution is 0.0457. The molecule has 0 bridgehead atoms. The molecule has 2 aliphatic rings. The van der Waals surface area contributed by atoms with E-state index in [0.717, 1.165) is 12.6 Å². The molecule has 98 valence electrons. The van der Waals surface area contributed by atoms with Crippen LogP contribution in [0.4, 0.5) is 0 Å². The Bertz CT molecular complexity index is 390. The van der Waals surface area contributed by atoms with Crippen molar-refractivity contribution in [1.82, 2.24) is 9.80 Å². The van der Waals surface area contributed by atoms with E-state index in [-0.39, 0.29) is 0 Å². The van der Waals surface area contributed by atoms with Gasteiger partial charge < -0.3 is 0 Å². The summed E-state index contributed by atoms with van der Waals surface area (Å²) in [5.41, 5.74) is 1.46. The Morgan fingerprint density at radius 1 is 1.06 bits per heavy atom. The van der Waals surface area contributed by atoms with Gasteiger partial charge in [0.05, 0.1) is 0 Å². The van der Waals surface area contributed by atoms with Gasteiger partial charge in [-0.05, 0) is 59.7 Å². The zero-order chi connectivity index (χ0) is 12.4. The highest BCUT2D eigenvalue weighted by Gasteiger charge is 2.28. The Labute approximate surface area is 123 Å². The van der Waals surface area contributed by atoms with E-state index in [1.165, 1.54) is 54.6 Å². The summed E-state index contributed by atoms with van der Waals surface area (Å²) < 4.78 is 1.33. The minimum absolute atomic E-state index is 0.830. The first-order valence-corrected chi connectivity index (χ1v) is 8.10. The molecule has 1 aromatic rings. The van der Waals surface area contributed by atoms with Gasteiger partial charge in [-0.25, -0.2) is 0 Å². The number of fused-ring (bicyclic) bond motifs is 1. The predicted octanol–water partition coefficient (Wildman–Crippen LogP) is 2.96. The molecule has 2 heterocycles. The fraction of sp³-hybridized carbons (Fsp3) is 0.600. The van der Waals surface area contributed by atoms with Gasteiger partial charge in [0, 0.05) is 35.8 Å². The fourth-order valence-corrected chi connectivity index (χ4v) is 3.57. The SMILES string of the molecule is Ic1ccc(CN2CCN3CCCC[C@@H]3C2)cc1. The van der Waals surface area contributed by atoms with Crippen molar-refractivity contribution in [1.29, 1.82) is 0 Å². The number of nitrogens with zero attached hydrogens (tertiary/aromatic N) is 2. The van der Waals surface area contributed by atoms with Gasteiger partial charge in [-0.1, -0.05) is 18.6 Å². The van der Waals surface area contributed by atoms with Gasteiger partial charge in [0.15, 0.2) is 0 Å². The Kier molecular flexibility index (Phi) is 4.21. The van der Waals surface area contributed by atoms with Crippen LogP contribution in [0.2, 0.25) is 0 Å². The second-order valence-electron chi connectivity index (χ2n) is 5.55. The quantitative estimate of drug-likeness (QED) is 0.752. The third-order valence-corrected chi connectivity index (χ3v) is 4.96. The number of halogens is 1. The largest absolute Gasteiger partial charge is 0.298 e. The molecule has 2 fully saturated rings. The Morgan fingerprint density at radius 3 is 2.72 bits per heavy atom. The van der Waals surface area contributed by atoms with Crippen LogP contribution in [-0.4, -0.2) is 42.0 Å². The zero-order valence-electron chi connectivity index (χ0n) is 10.8. The minimum Gasteiger partial charge on any atom is -0.298 e. The Balaban J connectivity index is 1.59. The van der Waals surface area contributed by atoms with Crippen LogP contribution in [0.1, 0.15) is 24.8 Å². The first-order valence-electron chi connectivity index (χ1n) is 7.02. The van der Waals surface area contributed by atoms with Crippen molar-refractivity contribution < 1.29 is 0 Å². The highest BCUT2D eigenvalue weighted by Crippen LogP contribution is 2.22. The van der Waals surface area contributed by atoms with E-state index in [1.807, 2.05) is 0 Å². The van der Waals surface area contributed by atoms with Crippen LogP contribution in [0, 0.1) is 3.57 Å².